The number of hydrogen-bond donors (Lipinski definition) is 1. The third-order valence-corrected chi connectivity index (χ3v) is 3.07. The van der Waals surface area contributed by atoms with Gasteiger partial charge in [-0.25, -0.2) is 0 Å². The molecule has 0 radical (unpaired) electrons. The Hall–Kier alpha value is -0.0800. The van der Waals surface area contributed by atoms with Crippen molar-refractivity contribution in [1.29, 1.82) is 0 Å². The molecule has 1 saturated heterocycles. The standard InChI is InChI=1S/C11H22O2/c1-3-10(2)9-11(12)5-4-7-13-8-6-11/h10,12H,3-9H2,1-2H3. The molecule has 1 fully saturated rings. The summed E-state index contributed by atoms with van der Waals surface area (Å²) in [6.07, 6.45) is 4.83. The monoisotopic (exact) mass is 186 g/mol. The maximum absolute atomic E-state index is 10.3. The van der Waals surface area contributed by atoms with Gasteiger partial charge in [0.2, 0.25) is 0 Å². The molecule has 1 N–H and O–H groups in total. The van der Waals surface area contributed by atoms with Gasteiger partial charge >= 0.3 is 0 Å². The van der Waals surface area contributed by atoms with Gasteiger partial charge in [0.1, 0.15) is 0 Å². The molecule has 2 atom stereocenters. The lowest BCUT2D eigenvalue weighted by Crippen LogP contribution is -2.31. The van der Waals surface area contributed by atoms with Crippen LogP contribution in [-0.2, 0) is 4.74 Å². The lowest BCUT2D eigenvalue weighted by Gasteiger charge is -2.28. The van der Waals surface area contributed by atoms with E-state index in [1.165, 1.54) is 0 Å². The summed E-state index contributed by atoms with van der Waals surface area (Å²) < 4.78 is 5.35. The number of rotatable bonds is 3. The van der Waals surface area contributed by atoms with E-state index in [1.54, 1.807) is 0 Å². The minimum Gasteiger partial charge on any atom is -0.390 e. The summed E-state index contributed by atoms with van der Waals surface area (Å²) in [4.78, 5) is 0. The van der Waals surface area contributed by atoms with E-state index in [0.29, 0.717) is 5.92 Å². The van der Waals surface area contributed by atoms with Crippen molar-refractivity contribution in [3.05, 3.63) is 0 Å². The van der Waals surface area contributed by atoms with Crippen molar-refractivity contribution in [3.63, 3.8) is 0 Å². The summed E-state index contributed by atoms with van der Waals surface area (Å²) in [5.74, 6) is 0.628. The molecule has 78 valence electrons. The van der Waals surface area contributed by atoms with E-state index in [9.17, 15) is 5.11 Å². The van der Waals surface area contributed by atoms with Crippen LogP contribution in [0.5, 0.6) is 0 Å². The first-order valence-electron chi connectivity index (χ1n) is 5.46. The van der Waals surface area contributed by atoms with Crippen LogP contribution in [0, 0.1) is 5.92 Å². The van der Waals surface area contributed by atoms with E-state index >= 15 is 0 Å². The molecule has 1 heterocycles. The second-order valence-electron chi connectivity index (χ2n) is 4.41. The van der Waals surface area contributed by atoms with Crippen LogP contribution < -0.4 is 0 Å². The zero-order valence-electron chi connectivity index (χ0n) is 8.88. The van der Waals surface area contributed by atoms with E-state index in [1.807, 2.05) is 0 Å². The molecule has 0 amide bonds. The molecule has 13 heavy (non-hydrogen) atoms. The normalized spacial score (nSPS) is 32.5. The molecule has 0 aliphatic carbocycles. The van der Waals surface area contributed by atoms with Crippen LogP contribution in [0.15, 0.2) is 0 Å². The minimum atomic E-state index is -0.439. The summed E-state index contributed by atoms with van der Waals surface area (Å²) in [5.41, 5.74) is -0.439. The van der Waals surface area contributed by atoms with Crippen LogP contribution in [0.4, 0.5) is 0 Å². The smallest absolute Gasteiger partial charge is 0.0673 e. The van der Waals surface area contributed by atoms with Crippen molar-refractivity contribution in [2.24, 2.45) is 5.92 Å². The van der Waals surface area contributed by atoms with Gasteiger partial charge in [0.05, 0.1) is 5.60 Å². The second-order valence-corrected chi connectivity index (χ2v) is 4.41. The average Bonchev–Trinajstić information content (AvgIpc) is 2.30. The Kier molecular flexibility index (Phi) is 4.20. The molecule has 2 nitrogen and oxygen atoms in total. The maximum atomic E-state index is 10.3. The van der Waals surface area contributed by atoms with Crippen LogP contribution in [-0.4, -0.2) is 23.9 Å². The molecule has 1 aliphatic heterocycles. The van der Waals surface area contributed by atoms with E-state index in [4.69, 9.17) is 4.74 Å². The van der Waals surface area contributed by atoms with Crippen molar-refractivity contribution < 1.29 is 9.84 Å². The van der Waals surface area contributed by atoms with Crippen LogP contribution in [0.2, 0.25) is 0 Å². The number of aliphatic hydroxyl groups is 1. The Balaban J connectivity index is 2.41. The zero-order chi connectivity index (χ0) is 9.73. The molecule has 1 aliphatic rings. The number of hydrogen-bond acceptors (Lipinski definition) is 2. The topological polar surface area (TPSA) is 29.5 Å². The summed E-state index contributed by atoms with van der Waals surface area (Å²) in [5, 5.41) is 10.3. The molecular formula is C11H22O2. The molecule has 0 aromatic carbocycles. The van der Waals surface area contributed by atoms with Crippen molar-refractivity contribution in [3.8, 4) is 0 Å². The van der Waals surface area contributed by atoms with Gasteiger partial charge in [0, 0.05) is 13.2 Å². The first kappa shape index (κ1) is 11.0. The lowest BCUT2D eigenvalue weighted by atomic mass is 9.84. The van der Waals surface area contributed by atoms with Gasteiger partial charge in [-0.3, -0.25) is 0 Å². The van der Waals surface area contributed by atoms with Crippen LogP contribution in [0.1, 0.15) is 46.0 Å². The van der Waals surface area contributed by atoms with Crippen molar-refractivity contribution >= 4 is 0 Å². The largest absolute Gasteiger partial charge is 0.390 e. The molecule has 0 aromatic heterocycles. The van der Waals surface area contributed by atoms with E-state index in [2.05, 4.69) is 13.8 Å². The predicted octanol–water partition coefficient (Wildman–Crippen LogP) is 2.35. The summed E-state index contributed by atoms with van der Waals surface area (Å²) in [6.45, 7) is 5.95. The van der Waals surface area contributed by atoms with Gasteiger partial charge in [-0.2, -0.15) is 0 Å². The predicted molar refractivity (Wildman–Crippen MR) is 53.7 cm³/mol. The van der Waals surface area contributed by atoms with Crippen LogP contribution >= 0.6 is 0 Å². The van der Waals surface area contributed by atoms with Gasteiger partial charge in [-0.15, -0.1) is 0 Å². The highest BCUT2D eigenvalue weighted by Gasteiger charge is 2.29. The highest BCUT2D eigenvalue weighted by atomic mass is 16.5. The van der Waals surface area contributed by atoms with Gasteiger partial charge in [-0.05, 0) is 31.6 Å². The molecule has 0 saturated carbocycles. The Morgan fingerprint density at radius 2 is 2.15 bits per heavy atom. The Labute approximate surface area is 81.3 Å². The maximum Gasteiger partial charge on any atom is 0.0673 e. The fourth-order valence-electron chi connectivity index (χ4n) is 1.99. The molecule has 0 spiro atoms. The quantitative estimate of drug-likeness (QED) is 0.733. The molecule has 2 unspecified atom stereocenters. The molecule has 1 rings (SSSR count). The second kappa shape index (κ2) is 4.97. The van der Waals surface area contributed by atoms with Crippen molar-refractivity contribution in [1.82, 2.24) is 0 Å². The lowest BCUT2D eigenvalue weighted by molar-refractivity contribution is -0.00196. The highest BCUT2D eigenvalue weighted by molar-refractivity contribution is 4.81. The third kappa shape index (κ3) is 3.65. The van der Waals surface area contributed by atoms with Gasteiger partial charge in [-0.1, -0.05) is 20.3 Å². The van der Waals surface area contributed by atoms with Crippen LogP contribution in [0.3, 0.4) is 0 Å². The third-order valence-electron chi connectivity index (χ3n) is 3.07. The fourth-order valence-corrected chi connectivity index (χ4v) is 1.99. The first-order chi connectivity index (χ1) is 6.16. The van der Waals surface area contributed by atoms with Gasteiger partial charge < -0.3 is 9.84 Å². The van der Waals surface area contributed by atoms with E-state index < -0.39 is 5.60 Å². The molecule has 0 bridgehead atoms. The fraction of sp³-hybridized carbons (Fsp3) is 1.00. The van der Waals surface area contributed by atoms with Gasteiger partial charge in [0.15, 0.2) is 0 Å². The summed E-state index contributed by atoms with van der Waals surface area (Å²) in [7, 11) is 0. The van der Waals surface area contributed by atoms with Gasteiger partial charge in [0.25, 0.3) is 0 Å². The van der Waals surface area contributed by atoms with E-state index in [-0.39, 0.29) is 0 Å². The number of ether oxygens (including phenoxy) is 1. The van der Waals surface area contributed by atoms with Crippen molar-refractivity contribution in [2.45, 2.75) is 51.6 Å². The average molecular weight is 186 g/mol. The zero-order valence-corrected chi connectivity index (χ0v) is 8.88. The highest BCUT2D eigenvalue weighted by Crippen LogP contribution is 2.29. The van der Waals surface area contributed by atoms with Crippen molar-refractivity contribution in [2.75, 3.05) is 13.2 Å². The minimum absolute atomic E-state index is 0.439. The Morgan fingerprint density at radius 1 is 1.38 bits per heavy atom. The Morgan fingerprint density at radius 3 is 2.85 bits per heavy atom. The first-order valence-corrected chi connectivity index (χ1v) is 5.46. The summed E-state index contributed by atoms with van der Waals surface area (Å²) >= 11 is 0. The Bertz CT molecular complexity index is 137. The van der Waals surface area contributed by atoms with E-state index in [0.717, 1.165) is 45.3 Å². The van der Waals surface area contributed by atoms with Crippen LogP contribution in [0.25, 0.3) is 0 Å². The molecular weight excluding hydrogens is 164 g/mol. The summed E-state index contributed by atoms with van der Waals surface area (Å²) in [6, 6.07) is 0. The molecule has 0 aromatic rings. The SMILES string of the molecule is CCC(C)CC1(O)CCCOCC1. The molecule has 2 heteroatoms.